The van der Waals surface area contributed by atoms with Gasteiger partial charge in [-0.25, -0.2) is 9.97 Å². The molecule has 1 aromatic carbocycles. The second kappa shape index (κ2) is 5.88. The minimum atomic E-state index is 0.555. The van der Waals surface area contributed by atoms with Crippen LogP contribution in [0.15, 0.2) is 61.3 Å². The van der Waals surface area contributed by atoms with E-state index in [-0.39, 0.29) is 0 Å². The summed E-state index contributed by atoms with van der Waals surface area (Å²) in [5.74, 6) is 0.745. The minimum Gasteiger partial charge on any atom is -0.366 e. The average Bonchev–Trinajstić information content (AvgIpc) is 3.08. The highest BCUT2D eigenvalue weighted by atomic mass is 15.0. The van der Waals surface area contributed by atoms with Crippen LogP contribution in [0.3, 0.4) is 0 Å². The number of hydrogen-bond acceptors (Lipinski definition) is 4. The lowest BCUT2D eigenvalue weighted by atomic mass is 10.1. The van der Waals surface area contributed by atoms with Gasteiger partial charge in [-0.3, -0.25) is 0 Å². The van der Waals surface area contributed by atoms with Crippen LogP contribution >= 0.6 is 0 Å². The fourth-order valence-corrected chi connectivity index (χ4v) is 2.06. The van der Waals surface area contributed by atoms with Crippen LogP contribution in [0.2, 0.25) is 0 Å². The van der Waals surface area contributed by atoms with Crippen LogP contribution < -0.4 is 5.32 Å². The molecule has 0 aliphatic heterocycles. The number of para-hydroxylation sites is 1. The van der Waals surface area contributed by atoms with Crippen molar-refractivity contribution >= 4 is 5.82 Å². The maximum absolute atomic E-state index is 8.76. The Morgan fingerprint density at radius 3 is 2.81 bits per heavy atom. The molecular formula is C16H13N5. The zero-order valence-corrected chi connectivity index (χ0v) is 11.3. The first kappa shape index (κ1) is 12.9. The van der Waals surface area contributed by atoms with E-state index >= 15 is 0 Å². The van der Waals surface area contributed by atoms with Crippen LogP contribution in [0.4, 0.5) is 5.82 Å². The molecule has 5 heteroatoms. The molecule has 0 spiro atoms. The molecule has 0 aliphatic carbocycles. The lowest BCUT2D eigenvalue weighted by Gasteiger charge is -2.11. The summed E-state index contributed by atoms with van der Waals surface area (Å²) in [6.45, 7) is 0.646. The molecule has 3 aromatic rings. The molecule has 0 saturated heterocycles. The van der Waals surface area contributed by atoms with E-state index < -0.39 is 0 Å². The highest BCUT2D eigenvalue weighted by molar-refractivity contribution is 5.45. The van der Waals surface area contributed by atoms with Gasteiger partial charge >= 0.3 is 0 Å². The zero-order valence-electron chi connectivity index (χ0n) is 11.3. The SMILES string of the molecule is N#Cc1ccc(NCc2ccccc2-n2ccnc2)nc1. The van der Waals surface area contributed by atoms with Crippen LogP contribution in [0.25, 0.3) is 5.69 Å². The number of imidazole rings is 1. The fraction of sp³-hybridized carbons (Fsp3) is 0.0625. The Morgan fingerprint density at radius 1 is 1.19 bits per heavy atom. The largest absolute Gasteiger partial charge is 0.366 e. The second-order valence-electron chi connectivity index (χ2n) is 4.50. The monoisotopic (exact) mass is 275 g/mol. The number of benzene rings is 1. The molecule has 0 saturated carbocycles. The van der Waals surface area contributed by atoms with Crippen LogP contribution in [-0.4, -0.2) is 14.5 Å². The summed E-state index contributed by atoms with van der Waals surface area (Å²) in [6, 6.07) is 13.7. The van der Waals surface area contributed by atoms with Gasteiger partial charge in [-0.1, -0.05) is 18.2 Å². The zero-order chi connectivity index (χ0) is 14.5. The first-order valence-corrected chi connectivity index (χ1v) is 6.53. The lowest BCUT2D eigenvalue weighted by Crippen LogP contribution is -2.05. The summed E-state index contributed by atoms with van der Waals surface area (Å²) in [7, 11) is 0. The van der Waals surface area contributed by atoms with Crippen molar-refractivity contribution in [1.82, 2.24) is 14.5 Å². The van der Waals surface area contributed by atoms with Gasteiger partial charge in [0.25, 0.3) is 0 Å². The third-order valence-electron chi connectivity index (χ3n) is 3.13. The molecule has 0 radical (unpaired) electrons. The molecule has 0 aliphatic rings. The van der Waals surface area contributed by atoms with E-state index in [1.54, 1.807) is 30.9 Å². The molecule has 0 fully saturated rings. The Labute approximate surface area is 122 Å². The summed E-state index contributed by atoms with van der Waals surface area (Å²) in [4.78, 5) is 8.28. The van der Waals surface area contributed by atoms with Crippen molar-refractivity contribution in [2.45, 2.75) is 6.54 Å². The fourth-order valence-electron chi connectivity index (χ4n) is 2.06. The second-order valence-corrected chi connectivity index (χ2v) is 4.50. The number of aromatic nitrogens is 3. The van der Waals surface area contributed by atoms with Crippen molar-refractivity contribution < 1.29 is 0 Å². The molecule has 0 amide bonds. The summed E-state index contributed by atoms with van der Waals surface area (Å²) in [5.41, 5.74) is 2.78. The maximum Gasteiger partial charge on any atom is 0.126 e. The van der Waals surface area contributed by atoms with Crippen molar-refractivity contribution in [3.63, 3.8) is 0 Å². The molecule has 102 valence electrons. The summed E-state index contributed by atoms with van der Waals surface area (Å²) >= 11 is 0. The molecule has 0 unspecified atom stereocenters. The van der Waals surface area contributed by atoms with Crippen molar-refractivity contribution in [3.05, 3.63) is 72.4 Å². The third kappa shape index (κ3) is 2.90. The molecule has 5 nitrogen and oxygen atoms in total. The number of pyridine rings is 1. The van der Waals surface area contributed by atoms with Gasteiger partial charge in [0, 0.05) is 25.1 Å². The highest BCUT2D eigenvalue weighted by Crippen LogP contribution is 2.15. The first-order valence-electron chi connectivity index (χ1n) is 6.53. The van der Waals surface area contributed by atoms with Gasteiger partial charge in [-0.2, -0.15) is 5.26 Å². The minimum absolute atomic E-state index is 0.555. The van der Waals surface area contributed by atoms with Gasteiger partial charge in [-0.05, 0) is 23.8 Å². The molecular weight excluding hydrogens is 262 g/mol. The standard InChI is InChI=1S/C16H13N5/c17-9-13-5-6-16(19-10-13)20-11-14-3-1-2-4-15(14)21-8-7-18-12-21/h1-8,10,12H,11H2,(H,19,20). The topological polar surface area (TPSA) is 66.5 Å². The normalized spacial score (nSPS) is 10.0. The number of nitriles is 1. The summed E-state index contributed by atoms with van der Waals surface area (Å²) in [6.07, 6.45) is 7.01. The van der Waals surface area contributed by atoms with Gasteiger partial charge in [0.1, 0.15) is 11.9 Å². The van der Waals surface area contributed by atoms with E-state index in [2.05, 4.69) is 27.4 Å². The molecule has 2 heterocycles. The van der Waals surface area contributed by atoms with Crippen LogP contribution in [-0.2, 0) is 6.54 Å². The number of nitrogens with one attached hydrogen (secondary N) is 1. The van der Waals surface area contributed by atoms with Crippen molar-refractivity contribution in [1.29, 1.82) is 5.26 Å². The van der Waals surface area contributed by atoms with Crippen molar-refractivity contribution in [2.24, 2.45) is 0 Å². The summed E-state index contributed by atoms with van der Waals surface area (Å²) in [5, 5.41) is 12.0. The van der Waals surface area contributed by atoms with E-state index in [4.69, 9.17) is 5.26 Å². The summed E-state index contributed by atoms with van der Waals surface area (Å²) < 4.78 is 1.98. The Bertz CT molecular complexity index is 754. The Kier molecular flexibility index (Phi) is 3.61. The van der Waals surface area contributed by atoms with Gasteiger partial charge in [-0.15, -0.1) is 0 Å². The predicted molar refractivity (Wildman–Crippen MR) is 79.8 cm³/mol. The van der Waals surface area contributed by atoms with E-state index in [0.717, 1.165) is 17.1 Å². The average molecular weight is 275 g/mol. The molecule has 2 aromatic heterocycles. The van der Waals surface area contributed by atoms with Crippen LogP contribution in [0, 0.1) is 11.3 Å². The van der Waals surface area contributed by atoms with E-state index in [0.29, 0.717) is 12.1 Å². The van der Waals surface area contributed by atoms with Crippen molar-refractivity contribution in [2.75, 3.05) is 5.32 Å². The van der Waals surface area contributed by atoms with Crippen molar-refractivity contribution in [3.8, 4) is 11.8 Å². The molecule has 0 bridgehead atoms. The van der Waals surface area contributed by atoms with Gasteiger partial charge in [0.2, 0.25) is 0 Å². The quantitative estimate of drug-likeness (QED) is 0.795. The smallest absolute Gasteiger partial charge is 0.126 e. The molecule has 3 rings (SSSR count). The maximum atomic E-state index is 8.76. The molecule has 1 N–H and O–H groups in total. The number of nitrogens with zero attached hydrogens (tertiary/aromatic N) is 4. The van der Waals surface area contributed by atoms with Gasteiger partial charge in [0.15, 0.2) is 0 Å². The number of rotatable bonds is 4. The van der Waals surface area contributed by atoms with Gasteiger partial charge < -0.3 is 9.88 Å². The Morgan fingerprint density at radius 2 is 2.10 bits per heavy atom. The molecule has 21 heavy (non-hydrogen) atoms. The molecule has 0 atom stereocenters. The number of anilines is 1. The Balaban J connectivity index is 1.78. The Hall–Kier alpha value is -3.13. The first-order chi connectivity index (χ1) is 10.4. The third-order valence-corrected chi connectivity index (χ3v) is 3.13. The van der Waals surface area contributed by atoms with E-state index in [1.807, 2.05) is 29.0 Å². The van der Waals surface area contributed by atoms with Gasteiger partial charge in [0.05, 0.1) is 17.6 Å². The predicted octanol–water partition coefficient (Wildman–Crippen LogP) is 2.75. The van der Waals surface area contributed by atoms with E-state index in [1.165, 1.54) is 0 Å². The highest BCUT2D eigenvalue weighted by Gasteiger charge is 2.04. The lowest BCUT2D eigenvalue weighted by molar-refractivity contribution is 1.00. The van der Waals surface area contributed by atoms with Crippen LogP contribution in [0.1, 0.15) is 11.1 Å². The van der Waals surface area contributed by atoms with Crippen LogP contribution in [0.5, 0.6) is 0 Å². The van der Waals surface area contributed by atoms with E-state index in [9.17, 15) is 0 Å². The number of hydrogen-bond donors (Lipinski definition) is 1.